The molecule has 11 heavy (non-hydrogen) atoms. The minimum atomic E-state index is 0.00201. The van der Waals surface area contributed by atoms with Crippen molar-refractivity contribution in [3.63, 3.8) is 0 Å². The van der Waals surface area contributed by atoms with Gasteiger partial charge in [-0.3, -0.25) is 0 Å². The maximum absolute atomic E-state index is 4.93. The van der Waals surface area contributed by atoms with Crippen LogP contribution in [0.2, 0.25) is 6.82 Å². The van der Waals surface area contributed by atoms with Crippen molar-refractivity contribution in [3.8, 4) is 0 Å². The number of hydrogen-bond donors (Lipinski definition) is 1. The van der Waals surface area contributed by atoms with Crippen molar-refractivity contribution in [1.29, 1.82) is 0 Å². The smallest absolute Gasteiger partial charge is 0.228 e. The second kappa shape index (κ2) is 2.99. The first kappa shape index (κ1) is 8.17. The number of rotatable bonds is 2. The van der Waals surface area contributed by atoms with Crippen LogP contribution in [0.3, 0.4) is 0 Å². The molecule has 1 aliphatic rings. The molecule has 0 saturated carbocycles. The summed E-state index contributed by atoms with van der Waals surface area (Å²) in [6.45, 7) is 4.21. The van der Waals surface area contributed by atoms with E-state index in [0.29, 0.717) is 5.88 Å². The van der Waals surface area contributed by atoms with Gasteiger partial charge in [-0.1, -0.05) is 6.82 Å². The molecule has 0 saturated heterocycles. The second-order valence-corrected chi connectivity index (χ2v) is 2.86. The third-order valence-electron chi connectivity index (χ3n) is 1.95. The molecule has 1 aliphatic heterocycles. The van der Waals surface area contributed by atoms with Crippen LogP contribution >= 0.6 is 0 Å². The number of nitrogens with zero attached hydrogens (tertiary/aromatic N) is 1. The van der Waals surface area contributed by atoms with Crippen molar-refractivity contribution in [3.05, 3.63) is 12.1 Å². The molecule has 0 aromatic rings. The average molecular weight is 152 g/mol. The Morgan fingerprint density at radius 3 is 2.82 bits per heavy atom. The number of methoxy groups -OCH3 is 1. The lowest BCUT2D eigenvalue weighted by Crippen LogP contribution is -2.47. The zero-order valence-corrected chi connectivity index (χ0v) is 7.22. The monoisotopic (exact) mass is 152 g/mol. The molecule has 1 atom stereocenters. The van der Waals surface area contributed by atoms with Gasteiger partial charge in [0, 0.05) is 11.7 Å². The normalized spacial score (nSPS) is 28.8. The van der Waals surface area contributed by atoms with Crippen LogP contribution in [0.1, 0.15) is 6.92 Å². The molecule has 1 N–H and O–H groups in total. The molecule has 0 aliphatic carbocycles. The first-order chi connectivity index (χ1) is 5.20. The number of ether oxygens (including phenoxy) is 1. The highest BCUT2D eigenvalue weighted by Crippen LogP contribution is 2.07. The first-order valence-electron chi connectivity index (χ1n) is 3.77. The first-order valence-corrected chi connectivity index (χ1v) is 3.77. The molecule has 3 nitrogen and oxygen atoms in total. The predicted molar refractivity (Wildman–Crippen MR) is 48.1 cm³/mol. The summed E-state index contributed by atoms with van der Waals surface area (Å²) in [7, 11) is 2.63. The summed E-state index contributed by atoms with van der Waals surface area (Å²) in [5, 5.41) is 3.21. The van der Waals surface area contributed by atoms with Crippen molar-refractivity contribution < 1.29 is 4.74 Å². The topological polar surface area (TPSA) is 33.6 Å². The van der Waals surface area contributed by atoms with Gasteiger partial charge >= 0.3 is 0 Å². The van der Waals surface area contributed by atoms with E-state index in [9.17, 15) is 0 Å². The van der Waals surface area contributed by atoms with Crippen molar-refractivity contribution in [2.24, 2.45) is 4.99 Å². The molecule has 0 bridgehead atoms. The lowest BCUT2D eigenvalue weighted by atomic mass is 9.61. The Morgan fingerprint density at radius 2 is 2.45 bits per heavy atom. The molecule has 0 spiro atoms. The highest BCUT2D eigenvalue weighted by Gasteiger charge is 2.21. The van der Waals surface area contributed by atoms with Gasteiger partial charge in [0.25, 0.3) is 0 Å². The Kier molecular flexibility index (Phi) is 2.22. The summed E-state index contributed by atoms with van der Waals surface area (Å²) in [6, 6.07) is 0. The zero-order valence-electron chi connectivity index (χ0n) is 7.22. The molecular formula is C7H13BN2O. The molecular weight excluding hydrogens is 139 g/mol. The minimum Gasteiger partial charge on any atom is -0.480 e. The number of aliphatic imine (C=N–C) groups is 1. The van der Waals surface area contributed by atoms with E-state index in [4.69, 9.17) is 4.74 Å². The zero-order chi connectivity index (χ0) is 8.32. The Labute approximate surface area is 67.8 Å². The van der Waals surface area contributed by atoms with Crippen molar-refractivity contribution in [2.75, 3.05) is 7.11 Å². The largest absolute Gasteiger partial charge is 0.480 e. The third-order valence-corrected chi connectivity index (χ3v) is 1.95. The van der Waals surface area contributed by atoms with Crippen molar-refractivity contribution in [1.82, 2.24) is 5.32 Å². The van der Waals surface area contributed by atoms with Crippen LogP contribution in [-0.2, 0) is 4.74 Å². The number of nitrogens with one attached hydrogen (secondary N) is 1. The van der Waals surface area contributed by atoms with Crippen LogP contribution in [0.25, 0.3) is 0 Å². The Balaban J connectivity index is 2.63. The quantitative estimate of drug-likeness (QED) is 0.577. The van der Waals surface area contributed by atoms with Gasteiger partial charge in [0.1, 0.15) is 0 Å². The maximum atomic E-state index is 4.93. The Bertz CT molecular complexity index is 203. The van der Waals surface area contributed by atoms with E-state index in [2.05, 4.69) is 24.1 Å². The minimum absolute atomic E-state index is 0.00201. The molecule has 0 aromatic carbocycles. The van der Waals surface area contributed by atoms with E-state index >= 15 is 0 Å². The van der Waals surface area contributed by atoms with Crippen LogP contribution in [-0.4, -0.2) is 26.0 Å². The SMILES string of the molecule is CBC1(C)C=NC(OC)=CN1. The van der Waals surface area contributed by atoms with Gasteiger partial charge in [-0.2, -0.15) is 0 Å². The fourth-order valence-corrected chi connectivity index (χ4v) is 0.812. The molecule has 0 fully saturated rings. The Hall–Kier alpha value is -0.925. The fourth-order valence-electron chi connectivity index (χ4n) is 0.812. The summed E-state index contributed by atoms with van der Waals surface area (Å²) < 4.78 is 4.93. The van der Waals surface area contributed by atoms with Crippen LogP contribution < -0.4 is 5.32 Å². The third kappa shape index (κ3) is 1.76. The van der Waals surface area contributed by atoms with E-state index in [0.717, 1.165) is 7.28 Å². The van der Waals surface area contributed by atoms with Crippen molar-refractivity contribution >= 4 is 13.5 Å². The van der Waals surface area contributed by atoms with Crippen LogP contribution in [0, 0.1) is 0 Å². The molecule has 0 radical (unpaired) electrons. The molecule has 0 aromatic heterocycles. The van der Waals surface area contributed by atoms with E-state index in [1.807, 2.05) is 6.21 Å². The summed E-state index contributed by atoms with van der Waals surface area (Å²) in [5.74, 6) is 0.635. The fraction of sp³-hybridized carbons (Fsp3) is 0.571. The van der Waals surface area contributed by atoms with Crippen LogP contribution in [0.4, 0.5) is 0 Å². The lowest BCUT2D eigenvalue weighted by Gasteiger charge is -2.26. The molecule has 1 heterocycles. The van der Waals surface area contributed by atoms with E-state index in [1.165, 1.54) is 0 Å². The summed E-state index contributed by atoms with van der Waals surface area (Å²) in [6.07, 6.45) is 3.68. The molecule has 0 amide bonds. The van der Waals surface area contributed by atoms with Gasteiger partial charge in [-0.25, -0.2) is 4.99 Å². The summed E-state index contributed by atoms with van der Waals surface area (Å²) in [5.41, 5.74) is 0.00201. The summed E-state index contributed by atoms with van der Waals surface area (Å²) in [4.78, 5) is 4.12. The predicted octanol–water partition coefficient (Wildman–Crippen LogP) is 0.306. The molecule has 60 valence electrons. The van der Waals surface area contributed by atoms with Gasteiger partial charge in [0.15, 0.2) is 7.28 Å². The van der Waals surface area contributed by atoms with E-state index in [-0.39, 0.29) is 5.44 Å². The van der Waals surface area contributed by atoms with Gasteiger partial charge in [0.05, 0.1) is 13.3 Å². The van der Waals surface area contributed by atoms with Crippen LogP contribution in [0.15, 0.2) is 17.1 Å². The molecule has 1 unspecified atom stereocenters. The van der Waals surface area contributed by atoms with E-state index < -0.39 is 0 Å². The second-order valence-electron chi connectivity index (χ2n) is 2.86. The maximum Gasteiger partial charge on any atom is 0.228 e. The van der Waals surface area contributed by atoms with Gasteiger partial charge in [0.2, 0.25) is 5.88 Å². The van der Waals surface area contributed by atoms with Gasteiger partial charge in [-0.15, -0.1) is 0 Å². The highest BCUT2D eigenvalue weighted by molar-refractivity contribution is 6.44. The molecule has 4 heteroatoms. The highest BCUT2D eigenvalue weighted by atomic mass is 16.5. The van der Waals surface area contributed by atoms with E-state index in [1.54, 1.807) is 13.3 Å². The lowest BCUT2D eigenvalue weighted by molar-refractivity contribution is 0.282. The number of hydrogen-bond acceptors (Lipinski definition) is 3. The average Bonchev–Trinajstić information content (AvgIpc) is 2.06. The van der Waals surface area contributed by atoms with Crippen LogP contribution in [0.5, 0.6) is 0 Å². The van der Waals surface area contributed by atoms with Gasteiger partial charge < -0.3 is 10.1 Å². The van der Waals surface area contributed by atoms with Gasteiger partial charge in [-0.05, 0) is 6.92 Å². The van der Waals surface area contributed by atoms with Crippen molar-refractivity contribution in [2.45, 2.75) is 19.2 Å². The summed E-state index contributed by atoms with van der Waals surface area (Å²) >= 11 is 0. The molecule has 1 rings (SSSR count). The Morgan fingerprint density at radius 1 is 1.73 bits per heavy atom. The standard InChI is InChI=1S/C7H13BN2O/c1-7(8-2)5-9-6(11-3)4-10-7/h4-5,8,10H,1-3H3.